The third-order valence-electron chi connectivity index (χ3n) is 6.22. The molecule has 0 saturated carbocycles. The van der Waals surface area contributed by atoms with Crippen molar-refractivity contribution in [1.29, 1.82) is 5.26 Å². The lowest BCUT2D eigenvalue weighted by molar-refractivity contribution is 0.0600. The largest absolute Gasteiger partial charge is 0.492 e. The van der Waals surface area contributed by atoms with E-state index in [4.69, 9.17) is 26.2 Å². The second-order valence-electron chi connectivity index (χ2n) is 7.92. The molecule has 156 valence electrons. The van der Waals surface area contributed by atoms with Gasteiger partial charge in [-0.15, -0.1) is 0 Å². The average molecular weight is 434 g/mol. The third kappa shape index (κ3) is 3.26. The van der Waals surface area contributed by atoms with Crippen molar-refractivity contribution < 1.29 is 14.3 Å². The maximum absolute atomic E-state index is 11.9. The zero-order valence-electron chi connectivity index (χ0n) is 16.9. The number of fused-ring (bicyclic) bond motifs is 3. The van der Waals surface area contributed by atoms with Gasteiger partial charge in [0.25, 0.3) is 0 Å². The van der Waals surface area contributed by atoms with Gasteiger partial charge in [-0.05, 0) is 55.2 Å². The Balaban J connectivity index is 1.57. The first-order chi connectivity index (χ1) is 15.1. The van der Waals surface area contributed by atoms with E-state index in [1.807, 2.05) is 17.1 Å². The van der Waals surface area contributed by atoms with Crippen LogP contribution >= 0.6 is 11.6 Å². The summed E-state index contributed by atoms with van der Waals surface area (Å²) in [5.74, 6) is 0.738. The van der Waals surface area contributed by atoms with Crippen LogP contribution in [0.1, 0.15) is 34.3 Å². The molecule has 0 spiro atoms. The molecule has 1 aliphatic carbocycles. The molecule has 3 aliphatic rings. The fraction of sp³-hybridized carbons (Fsp3) is 0.292. The summed E-state index contributed by atoms with van der Waals surface area (Å²) in [5, 5.41) is 16.7. The van der Waals surface area contributed by atoms with Crippen LogP contribution in [0, 0.1) is 23.2 Å². The van der Waals surface area contributed by atoms with Crippen LogP contribution in [0.4, 0.5) is 5.69 Å². The Morgan fingerprint density at radius 1 is 1.26 bits per heavy atom. The summed E-state index contributed by atoms with van der Waals surface area (Å²) in [6.45, 7) is 0.484. The van der Waals surface area contributed by atoms with E-state index in [9.17, 15) is 10.1 Å². The topological polar surface area (TPSA) is 74.9 Å². The maximum atomic E-state index is 11.9. The summed E-state index contributed by atoms with van der Waals surface area (Å²) in [4.78, 5) is 11.9. The van der Waals surface area contributed by atoms with Crippen LogP contribution in [0.25, 0.3) is 0 Å². The minimum absolute atomic E-state index is 0.0933. The second-order valence-corrected chi connectivity index (χ2v) is 8.33. The van der Waals surface area contributed by atoms with Crippen molar-refractivity contribution in [3.05, 3.63) is 70.3 Å². The highest BCUT2D eigenvalue weighted by Gasteiger charge is 2.46. The number of benzene rings is 2. The molecule has 0 bridgehead atoms. The highest BCUT2D eigenvalue weighted by Crippen LogP contribution is 2.43. The molecule has 0 radical (unpaired) electrons. The number of hydrogen-bond donors (Lipinski definition) is 0. The van der Waals surface area contributed by atoms with Crippen LogP contribution in [-0.2, 0) is 4.74 Å². The first-order valence-corrected chi connectivity index (χ1v) is 10.6. The summed E-state index contributed by atoms with van der Waals surface area (Å²) < 4.78 is 10.9. The van der Waals surface area contributed by atoms with E-state index in [0.717, 1.165) is 29.8 Å². The number of nitriles is 1. The Labute approximate surface area is 185 Å². The third-order valence-corrected chi connectivity index (χ3v) is 6.54. The predicted octanol–water partition coefficient (Wildman–Crippen LogP) is 4.57. The van der Waals surface area contributed by atoms with Gasteiger partial charge in [0.05, 0.1) is 53.2 Å². The molecule has 31 heavy (non-hydrogen) atoms. The predicted molar refractivity (Wildman–Crippen MR) is 118 cm³/mol. The lowest BCUT2D eigenvalue weighted by Crippen LogP contribution is -2.43. The summed E-state index contributed by atoms with van der Waals surface area (Å²) in [7, 11) is 1.36. The SMILES string of the molecule is COC(=O)c1ccc2c(c1)OCC1C2=NN(c2ccc(C#N)c(Cl)c2)C1C1CC=CC1. The van der Waals surface area contributed by atoms with E-state index in [2.05, 4.69) is 18.2 Å². The number of rotatable bonds is 3. The van der Waals surface area contributed by atoms with Gasteiger partial charge in [-0.25, -0.2) is 4.79 Å². The van der Waals surface area contributed by atoms with Crippen LogP contribution in [0.15, 0.2) is 53.7 Å². The standard InChI is InChI=1S/C24H20ClN3O3/c1-30-24(29)15-7-9-18-21(10-15)31-13-19-22(18)27-28(23(19)14-4-2-3-5-14)17-8-6-16(12-26)20(25)11-17/h2-3,6-11,14,19,23H,4-5,13H2,1H3. The molecular formula is C24H20ClN3O3. The number of methoxy groups -OCH3 is 1. The zero-order valence-corrected chi connectivity index (χ0v) is 17.7. The lowest BCUT2D eigenvalue weighted by Gasteiger charge is -2.34. The quantitative estimate of drug-likeness (QED) is 0.523. The van der Waals surface area contributed by atoms with E-state index < -0.39 is 5.97 Å². The maximum Gasteiger partial charge on any atom is 0.337 e. The van der Waals surface area contributed by atoms with Crippen LogP contribution in [0.3, 0.4) is 0 Å². The number of ether oxygens (including phenoxy) is 2. The van der Waals surface area contributed by atoms with Crippen molar-refractivity contribution in [1.82, 2.24) is 0 Å². The monoisotopic (exact) mass is 433 g/mol. The van der Waals surface area contributed by atoms with E-state index in [0.29, 0.717) is 34.4 Å². The molecule has 2 heterocycles. The number of esters is 1. The Kier molecular flexibility index (Phi) is 4.91. The van der Waals surface area contributed by atoms with Crippen molar-refractivity contribution in [3.63, 3.8) is 0 Å². The number of allylic oxidation sites excluding steroid dienone is 2. The minimum atomic E-state index is -0.398. The molecule has 0 N–H and O–H groups in total. The average Bonchev–Trinajstić information content (AvgIpc) is 3.45. The number of carbonyl (C=O) groups excluding carboxylic acids is 1. The van der Waals surface area contributed by atoms with Gasteiger partial charge in [-0.2, -0.15) is 10.4 Å². The molecule has 2 atom stereocenters. The van der Waals surface area contributed by atoms with Gasteiger partial charge in [0.15, 0.2) is 0 Å². The van der Waals surface area contributed by atoms with Crippen LogP contribution < -0.4 is 9.75 Å². The molecule has 2 aromatic carbocycles. The van der Waals surface area contributed by atoms with Crippen molar-refractivity contribution in [2.24, 2.45) is 16.9 Å². The molecule has 5 rings (SSSR count). The number of halogens is 1. The minimum Gasteiger partial charge on any atom is -0.492 e. The van der Waals surface area contributed by atoms with Gasteiger partial charge in [0.1, 0.15) is 11.8 Å². The molecule has 2 aliphatic heterocycles. The molecule has 2 unspecified atom stereocenters. The van der Waals surface area contributed by atoms with Gasteiger partial charge in [-0.1, -0.05) is 23.8 Å². The molecular weight excluding hydrogens is 414 g/mol. The normalized spacial score (nSPS) is 21.7. The molecule has 0 saturated heterocycles. The van der Waals surface area contributed by atoms with Gasteiger partial charge >= 0.3 is 5.97 Å². The summed E-state index contributed by atoms with van der Waals surface area (Å²) in [5.41, 5.74) is 3.59. The Bertz CT molecular complexity index is 1160. The van der Waals surface area contributed by atoms with Crippen LogP contribution in [0.2, 0.25) is 5.02 Å². The molecule has 0 fully saturated rings. The lowest BCUT2D eigenvalue weighted by atomic mass is 9.81. The van der Waals surface area contributed by atoms with Gasteiger partial charge in [0.2, 0.25) is 0 Å². The number of hydrogen-bond acceptors (Lipinski definition) is 6. The number of hydrazone groups is 1. The van der Waals surface area contributed by atoms with E-state index in [-0.39, 0.29) is 12.0 Å². The Morgan fingerprint density at radius 3 is 2.77 bits per heavy atom. The second kappa shape index (κ2) is 7.75. The van der Waals surface area contributed by atoms with E-state index >= 15 is 0 Å². The number of nitrogens with zero attached hydrogens (tertiary/aromatic N) is 3. The smallest absolute Gasteiger partial charge is 0.337 e. The fourth-order valence-corrected chi connectivity index (χ4v) is 4.93. The first-order valence-electron chi connectivity index (χ1n) is 10.2. The molecule has 7 heteroatoms. The van der Waals surface area contributed by atoms with E-state index in [1.54, 1.807) is 24.3 Å². The Hall–Kier alpha value is -3.30. The summed E-state index contributed by atoms with van der Waals surface area (Å²) in [6, 6.07) is 13.0. The highest BCUT2D eigenvalue weighted by atomic mass is 35.5. The Morgan fingerprint density at radius 2 is 2.06 bits per heavy atom. The number of carbonyl (C=O) groups is 1. The van der Waals surface area contributed by atoms with Crippen LogP contribution in [0.5, 0.6) is 5.75 Å². The van der Waals surface area contributed by atoms with E-state index in [1.165, 1.54) is 7.11 Å². The molecule has 0 aromatic heterocycles. The zero-order chi connectivity index (χ0) is 21.5. The number of anilines is 1. The van der Waals surface area contributed by atoms with Gasteiger partial charge < -0.3 is 9.47 Å². The van der Waals surface area contributed by atoms with Crippen molar-refractivity contribution in [2.45, 2.75) is 18.9 Å². The van der Waals surface area contributed by atoms with Gasteiger partial charge in [0, 0.05) is 5.56 Å². The van der Waals surface area contributed by atoms with Crippen molar-refractivity contribution in [3.8, 4) is 11.8 Å². The molecule has 0 amide bonds. The summed E-state index contributed by atoms with van der Waals surface area (Å²) >= 11 is 6.33. The highest BCUT2D eigenvalue weighted by molar-refractivity contribution is 6.32. The van der Waals surface area contributed by atoms with Gasteiger partial charge in [-0.3, -0.25) is 5.01 Å². The van der Waals surface area contributed by atoms with Crippen molar-refractivity contribution in [2.75, 3.05) is 18.7 Å². The summed E-state index contributed by atoms with van der Waals surface area (Å²) in [6.07, 6.45) is 6.40. The fourth-order valence-electron chi connectivity index (χ4n) is 4.71. The van der Waals surface area contributed by atoms with Crippen molar-refractivity contribution >= 4 is 29.0 Å². The first kappa shape index (κ1) is 19.7. The molecule has 2 aromatic rings. The molecule has 6 nitrogen and oxygen atoms in total. The van der Waals surface area contributed by atoms with Crippen LogP contribution in [-0.4, -0.2) is 31.4 Å².